The minimum Gasteiger partial charge on any atom is -0.424 e. The number of ether oxygens (including phenoxy) is 1. The van der Waals surface area contributed by atoms with Crippen molar-refractivity contribution in [1.29, 1.82) is 0 Å². The molecule has 0 fully saturated rings. The molecule has 0 spiro atoms. The highest BCUT2D eigenvalue weighted by molar-refractivity contribution is 9.09. The second-order valence-electron chi connectivity index (χ2n) is 5.61. The summed E-state index contributed by atoms with van der Waals surface area (Å²) in [6.45, 7) is 5.54. The smallest absolute Gasteiger partial charge is 0.316 e. The van der Waals surface area contributed by atoms with Crippen LogP contribution < -0.4 is 4.74 Å². The number of carbonyl (C=O) groups excluding carboxylic acids is 1. The van der Waals surface area contributed by atoms with Gasteiger partial charge in [0.25, 0.3) is 0 Å². The molecule has 0 radical (unpaired) electrons. The normalized spacial score (nSPS) is 11.8. The van der Waals surface area contributed by atoms with E-state index in [1.54, 1.807) is 6.20 Å². The summed E-state index contributed by atoms with van der Waals surface area (Å²) in [5, 5.41) is 1.87. The second kappa shape index (κ2) is 5.37. The predicted molar refractivity (Wildman–Crippen MR) is 80.9 cm³/mol. The number of alkyl halides is 1. The maximum absolute atomic E-state index is 11.9. The van der Waals surface area contributed by atoms with Gasteiger partial charge in [-0.2, -0.15) is 0 Å². The fourth-order valence-electron chi connectivity index (χ4n) is 1.74. The molecule has 4 heteroatoms. The van der Waals surface area contributed by atoms with Crippen LogP contribution in [0.1, 0.15) is 26.3 Å². The maximum atomic E-state index is 11.9. The molecule has 19 heavy (non-hydrogen) atoms. The molecule has 0 aliphatic rings. The van der Waals surface area contributed by atoms with E-state index in [-0.39, 0.29) is 5.97 Å². The molecule has 3 nitrogen and oxygen atoms in total. The number of rotatable bonds is 3. The lowest BCUT2D eigenvalue weighted by Crippen LogP contribution is -2.25. The molecule has 2 rings (SSSR count). The first-order chi connectivity index (χ1) is 8.91. The van der Waals surface area contributed by atoms with Crippen LogP contribution in [0.25, 0.3) is 10.9 Å². The van der Waals surface area contributed by atoms with Gasteiger partial charge in [-0.25, -0.2) is 0 Å². The molecule has 0 bridgehead atoms. The Kier molecular flexibility index (Phi) is 3.99. The molecule has 0 saturated carbocycles. The third-order valence-electron chi connectivity index (χ3n) is 2.91. The first kappa shape index (κ1) is 14.1. The molecule has 0 amide bonds. The zero-order valence-corrected chi connectivity index (χ0v) is 13.0. The van der Waals surface area contributed by atoms with E-state index >= 15 is 0 Å². The summed E-state index contributed by atoms with van der Waals surface area (Å²) in [4.78, 5) is 15.1. The van der Waals surface area contributed by atoms with Gasteiger partial charge in [-0.1, -0.05) is 22.0 Å². The molecule has 1 aromatic heterocycles. The number of nitrogens with one attached hydrogen (secondary N) is 1. The Labute approximate surface area is 121 Å². The summed E-state index contributed by atoms with van der Waals surface area (Å²) in [5.74, 6) is 0.380. The Hall–Kier alpha value is -1.29. The van der Waals surface area contributed by atoms with E-state index in [9.17, 15) is 4.79 Å². The molecule has 1 aromatic carbocycles. The molecular weight excluding hydrogens is 306 g/mol. The number of carbonyl (C=O) groups is 1. The predicted octanol–water partition coefficient (Wildman–Crippen LogP) is 4.06. The van der Waals surface area contributed by atoms with Crippen molar-refractivity contribution < 1.29 is 9.53 Å². The zero-order chi connectivity index (χ0) is 14.0. The van der Waals surface area contributed by atoms with Gasteiger partial charge in [0.05, 0.1) is 5.41 Å². The number of hydrogen-bond acceptors (Lipinski definition) is 2. The van der Waals surface area contributed by atoms with Crippen molar-refractivity contribution in [3.8, 4) is 5.75 Å². The van der Waals surface area contributed by atoms with Gasteiger partial charge in [0.2, 0.25) is 0 Å². The van der Waals surface area contributed by atoms with E-state index in [1.807, 2.05) is 26.8 Å². The Morgan fingerprint density at radius 3 is 2.74 bits per heavy atom. The number of halogens is 1. The van der Waals surface area contributed by atoms with Crippen molar-refractivity contribution in [2.45, 2.75) is 27.2 Å². The quantitative estimate of drug-likeness (QED) is 0.683. The van der Waals surface area contributed by atoms with E-state index in [4.69, 9.17) is 4.74 Å². The van der Waals surface area contributed by atoms with Crippen LogP contribution in [0.15, 0.2) is 24.4 Å². The molecule has 1 heterocycles. The molecule has 102 valence electrons. The highest BCUT2D eigenvalue weighted by Gasteiger charge is 2.24. The first-order valence-corrected chi connectivity index (χ1v) is 7.42. The SMILES string of the molecule is CC(C)(C)C(=O)Oc1c[nH]c2ccc(CCBr)cc12. The first-order valence-electron chi connectivity index (χ1n) is 6.30. The van der Waals surface area contributed by atoms with E-state index in [2.05, 4.69) is 33.0 Å². The van der Waals surface area contributed by atoms with Crippen molar-refractivity contribution in [1.82, 2.24) is 4.98 Å². The monoisotopic (exact) mass is 323 g/mol. The zero-order valence-electron chi connectivity index (χ0n) is 11.4. The molecule has 1 N–H and O–H groups in total. The number of hydrogen-bond donors (Lipinski definition) is 1. The topological polar surface area (TPSA) is 42.1 Å². The third-order valence-corrected chi connectivity index (χ3v) is 3.30. The highest BCUT2D eigenvalue weighted by Crippen LogP contribution is 2.28. The van der Waals surface area contributed by atoms with Crippen molar-refractivity contribution in [2.24, 2.45) is 5.41 Å². The Morgan fingerprint density at radius 1 is 1.37 bits per heavy atom. The number of fused-ring (bicyclic) bond motifs is 1. The van der Waals surface area contributed by atoms with Crippen LogP contribution in [0.2, 0.25) is 0 Å². The Bertz CT molecular complexity index is 596. The van der Waals surface area contributed by atoms with Crippen molar-refractivity contribution in [3.63, 3.8) is 0 Å². The van der Waals surface area contributed by atoms with Crippen molar-refractivity contribution >= 4 is 32.8 Å². The third kappa shape index (κ3) is 3.18. The fourth-order valence-corrected chi connectivity index (χ4v) is 2.20. The van der Waals surface area contributed by atoms with E-state index in [0.717, 1.165) is 22.7 Å². The van der Waals surface area contributed by atoms with E-state index in [1.165, 1.54) is 5.56 Å². The highest BCUT2D eigenvalue weighted by atomic mass is 79.9. The van der Waals surface area contributed by atoms with Gasteiger partial charge in [0.15, 0.2) is 5.75 Å². The van der Waals surface area contributed by atoms with Gasteiger partial charge in [-0.3, -0.25) is 4.79 Å². The lowest BCUT2D eigenvalue weighted by Gasteiger charge is -2.15. The van der Waals surface area contributed by atoms with Crippen molar-refractivity contribution in [2.75, 3.05) is 5.33 Å². The maximum Gasteiger partial charge on any atom is 0.316 e. The molecule has 0 unspecified atom stereocenters. The van der Waals surface area contributed by atoms with Crippen LogP contribution in [-0.2, 0) is 11.2 Å². The number of aromatic amines is 1. The minimum absolute atomic E-state index is 0.223. The van der Waals surface area contributed by atoms with Crippen LogP contribution in [0.5, 0.6) is 5.75 Å². The largest absolute Gasteiger partial charge is 0.424 e. The number of aromatic nitrogens is 1. The summed E-state index contributed by atoms with van der Waals surface area (Å²) in [6, 6.07) is 6.16. The fraction of sp³-hybridized carbons (Fsp3) is 0.400. The van der Waals surface area contributed by atoms with Gasteiger partial charge in [-0.15, -0.1) is 0 Å². The second-order valence-corrected chi connectivity index (χ2v) is 6.40. The Morgan fingerprint density at radius 2 is 2.11 bits per heavy atom. The van der Waals surface area contributed by atoms with Crippen molar-refractivity contribution in [3.05, 3.63) is 30.0 Å². The summed E-state index contributed by atoms with van der Waals surface area (Å²) >= 11 is 3.43. The van der Waals surface area contributed by atoms with Gasteiger partial charge >= 0.3 is 5.97 Å². The molecule has 0 aliphatic carbocycles. The van der Waals surface area contributed by atoms with Crippen LogP contribution in [0, 0.1) is 5.41 Å². The Balaban J connectivity index is 2.33. The average Bonchev–Trinajstić information content (AvgIpc) is 2.71. The standard InChI is InChI=1S/C15H18BrNO2/c1-15(2,3)14(18)19-13-9-17-12-5-4-10(6-7-16)8-11(12)13/h4-5,8-9,17H,6-7H2,1-3H3. The van der Waals surface area contributed by atoms with Crippen LogP contribution in [-0.4, -0.2) is 16.3 Å². The number of H-pyrrole nitrogens is 1. The van der Waals surface area contributed by atoms with Crippen LogP contribution >= 0.6 is 15.9 Å². The van der Waals surface area contributed by atoms with Gasteiger partial charge in [0.1, 0.15) is 0 Å². The van der Waals surface area contributed by atoms with Crippen LogP contribution in [0.3, 0.4) is 0 Å². The molecular formula is C15H18BrNO2. The molecule has 0 atom stereocenters. The molecule has 2 aromatic rings. The average molecular weight is 324 g/mol. The van der Waals surface area contributed by atoms with E-state index < -0.39 is 5.41 Å². The summed E-state index contributed by atoms with van der Waals surface area (Å²) < 4.78 is 5.48. The number of benzene rings is 1. The molecule has 0 aliphatic heterocycles. The van der Waals surface area contributed by atoms with Gasteiger partial charge < -0.3 is 9.72 Å². The number of aryl methyl sites for hydroxylation is 1. The van der Waals surface area contributed by atoms with Gasteiger partial charge in [0, 0.05) is 22.4 Å². The summed E-state index contributed by atoms with van der Waals surface area (Å²) in [6.07, 6.45) is 2.69. The minimum atomic E-state index is -0.503. The van der Waals surface area contributed by atoms with E-state index in [0.29, 0.717) is 5.75 Å². The lowest BCUT2D eigenvalue weighted by atomic mass is 9.97. The molecule has 0 saturated heterocycles. The van der Waals surface area contributed by atoms with Crippen LogP contribution in [0.4, 0.5) is 0 Å². The number of esters is 1. The van der Waals surface area contributed by atoms with Gasteiger partial charge in [-0.05, 0) is 44.9 Å². The lowest BCUT2D eigenvalue weighted by molar-refractivity contribution is -0.142. The summed E-state index contributed by atoms with van der Waals surface area (Å²) in [5.41, 5.74) is 1.70. The summed E-state index contributed by atoms with van der Waals surface area (Å²) in [7, 11) is 0.